The van der Waals surface area contributed by atoms with Gasteiger partial charge in [-0.05, 0) is 13.8 Å². The van der Waals surface area contributed by atoms with Gasteiger partial charge in [0.05, 0.1) is 12.5 Å². The van der Waals surface area contributed by atoms with Crippen LogP contribution >= 0.6 is 0 Å². The Morgan fingerprint density at radius 1 is 1.31 bits per heavy atom. The minimum absolute atomic E-state index is 0.0241. The molecule has 3 nitrogen and oxygen atoms in total. The SMILES string of the molecule is COC(=O)C(C)(C)CC(=O)C(C)C. The summed E-state index contributed by atoms with van der Waals surface area (Å²) < 4.78 is 4.60. The molecular weight excluding hydrogens is 168 g/mol. The molecule has 0 radical (unpaired) electrons. The van der Waals surface area contributed by atoms with Crippen molar-refractivity contribution in [3.05, 3.63) is 0 Å². The van der Waals surface area contributed by atoms with Crippen molar-refractivity contribution in [2.45, 2.75) is 34.1 Å². The van der Waals surface area contributed by atoms with E-state index >= 15 is 0 Å². The molecule has 0 unspecified atom stereocenters. The van der Waals surface area contributed by atoms with E-state index in [0.29, 0.717) is 0 Å². The molecular formula is C10H18O3. The lowest BCUT2D eigenvalue weighted by atomic mass is 9.85. The maximum atomic E-state index is 11.4. The van der Waals surface area contributed by atoms with Crippen molar-refractivity contribution in [2.75, 3.05) is 7.11 Å². The van der Waals surface area contributed by atoms with Crippen LogP contribution in [0.3, 0.4) is 0 Å². The van der Waals surface area contributed by atoms with Crippen LogP contribution in [0.15, 0.2) is 0 Å². The Bertz CT molecular complexity index is 204. The molecule has 0 saturated heterocycles. The maximum Gasteiger partial charge on any atom is 0.311 e. The molecule has 3 heteroatoms. The fourth-order valence-electron chi connectivity index (χ4n) is 0.988. The van der Waals surface area contributed by atoms with Gasteiger partial charge in [-0.25, -0.2) is 0 Å². The number of rotatable bonds is 4. The summed E-state index contributed by atoms with van der Waals surface area (Å²) in [6.45, 7) is 7.10. The van der Waals surface area contributed by atoms with Crippen LogP contribution in [0.2, 0.25) is 0 Å². The normalized spacial score (nSPS) is 11.5. The highest BCUT2D eigenvalue weighted by molar-refractivity contribution is 5.87. The van der Waals surface area contributed by atoms with Crippen LogP contribution in [-0.2, 0) is 14.3 Å². The molecule has 13 heavy (non-hydrogen) atoms. The third-order valence-electron chi connectivity index (χ3n) is 2.00. The van der Waals surface area contributed by atoms with Gasteiger partial charge in [0.1, 0.15) is 5.78 Å². The van der Waals surface area contributed by atoms with Crippen LogP contribution in [-0.4, -0.2) is 18.9 Å². The Labute approximate surface area is 79.5 Å². The number of hydrogen-bond acceptors (Lipinski definition) is 3. The Morgan fingerprint density at radius 2 is 1.77 bits per heavy atom. The van der Waals surface area contributed by atoms with E-state index in [1.54, 1.807) is 13.8 Å². The highest BCUT2D eigenvalue weighted by Gasteiger charge is 2.31. The van der Waals surface area contributed by atoms with Crippen LogP contribution in [0.4, 0.5) is 0 Å². The third kappa shape index (κ3) is 3.57. The lowest BCUT2D eigenvalue weighted by molar-refractivity contribution is -0.153. The largest absolute Gasteiger partial charge is 0.469 e. The molecule has 0 aromatic rings. The molecule has 0 heterocycles. The summed E-state index contributed by atoms with van der Waals surface area (Å²) in [6.07, 6.45) is 0.247. The zero-order valence-electron chi connectivity index (χ0n) is 9.01. The van der Waals surface area contributed by atoms with Crippen LogP contribution < -0.4 is 0 Å². The van der Waals surface area contributed by atoms with Gasteiger partial charge in [-0.3, -0.25) is 9.59 Å². The molecule has 0 spiro atoms. The first kappa shape index (κ1) is 12.1. The average Bonchev–Trinajstić information content (AvgIpc) is 2.01. The van der Waals surface area contributed by atoms with E-state index in [1.165, 1.54) is 7.11 Å². The molecule has 0 atom stereocenters. The summed E-state index contributed by atoms with van der Waals surface area (Å²) in [7, 11) is 1.34. The second-order valence-electron chi connectivity index (χ2n) is 4.17. The van der Waals surface area contributed by atoms with Gasteiger partial charge in [0, 0.05) is 12.3 Å². The van der Waals surface area contributed by atoms with Crippen molar-refractivity contribution in [3.8, 4) is 0 Å². The number of carbonyl (C=O) groups is 2. The van der Waals surface area contributed by atoms with E-state index < -0.39 is 5.41 Å². The van der Waals surface area contributed by atoms with Crippen molar-refractivity contribution in [2.24, 2.45) is 11.3 Å². The van der Waals surface area contributed by atoms with Gasteiger partial charge in [0.15, 0.2) is 0 Å². The second-order valence-corrected chi connectivity index (χ2v) is 4.17. The zero-order valence-corrected chi connectivity index (χ0v) is 9.01. The average molecular weight is 186 g/mol. The van der Waals surface area contributed by atoms with Gasteiger partial charge < -0.3 is 4.74 Å². The number of ketones is 1. The second kappa shape index (κ2) is 4.40. The lowest BCUT2D eigenvalue weighted by Gasteiger charge is -2.21. The number of ether oxygens (including phenoxy) is 1. The summed E-state index contributed by atoms with van der Waals surface area (Å²) in [6, 6.07) is 0. The van der Waals surface area contributed by atoms with Gasteiger partial charge in [0.25, 0.3) is 0 Å². The van der Waals surface area contributed by atoms with Crippen molar-refractivity contribution in [3.63, 3.8) is 0 Å². The molecule has 0 aromatic heterocycles. The first-order chi connectivity index (χ1) is 5.81. The minimum Gasteiger partial charge on any atom is -0.469 e. The standard InChI is InChI=1S/C10H18O3/c1-7(2)8(11)6-10(3,4)9(12)13-5/h7H,6H2,1-5H3. The van der Waals surface area contributed by atoms with Gasteiger partial charge in [-0.15, -0.1) is 0 Å². The number of carbonyl (C=O) groups excluding carboxylic acids is 2. The van der Waals surface area contributed by atoms with Gasteiger partial charge >= 0.3 is 5.97 Å². The van der Waals surface area contributed by atoms with Gasteiger partial charge in [0.2, 0.25) is 0 Å². The first-order valence-electron chi connectivity index (χ1n) is 4.42. The van der Waals surface area contributed by atoms with Crippen LogP contribution in [0.1, 0.15) is 34.1 Å². The van der Waals surface area contributed by atoms with E-state index in [-0.39, 0.29) is 24.1 Å². The molecule has 0 rings (SSSR count). The van der Waals surface area contributed by atoms with E-state index in [9.17, 15) is 9.59 Å². The Morgan fingerprint density at radius 3 is 2.08 bits per heavy atom. The summed E-state index contributed by atoms with van der Waals surface area (Å²) in [5.74, 6) is -0.263. The molecule has 0 N–H and O–H groups in total. The molecule has 0 amide bonds. The molecule has 0 fully saturated rings. The monoisotopic (exact) mass is 186 g/mol. The predicted molar refractivity (Wildman–Crippen MR) is 50.3 cm³/mol. The molecule has 76 valence electrons. The van der Waals surface area contributed by atoms with E-state index in [0.717, 1.165) is 0 Å². The predicted octanol–water partition coefficient (Wildman–Crippen LogP) is 1.80. The summed E-state index contributed by atoms with van der Waals surface area (Å²) in [4.78, 5) is 22.6. The minimum atomic E-state index is -0.698. The summed E-state index contributed by atoms with van der Waals surface area (Å²) in [5, 5.41) is 0. The van der Waals surface area contributed by atoms with Crippen molar-refractivity contribution >= 4 is 11.8 Å². The fourth-order valence-corrected chi connectivity index (χ4v) is 0.988. The molecule has 0 aliphatic heterocycles. The number of esters is 1. The molecule has 0 saturated carbocycles. The van der Waals surface area contributed by atoms with Crippen LogP contribution in [0.5, 0.6) is 0 Å². The van der Waals surface area contributed by atoms with Crippen LogP contribution in [0.25, 0.3) is 0 Å². The number of methoxy groups -OCH3 is 1. The zero-order chi connectivity index (χ0) is 10.6. The van der Waals surface area contributed by atoms with Gasteiger partial charge in [-0.1, -0.05) is 13.8 Å². The summed E-state index contributed by atoms with van der Waals surface area (Å²) >= 11 is 0. The maximum absolute atomic E-state index is 11.4. The number of hydrogen-bond donors (Lipinski definition) is 0. The smallest absolute Gasteiger partial charge is 0.311 e. The van der Waals surface area contributed by atoms with E-state index in [4.69, 9.17) is 0 Å². The molecule has 0 aliphatic rings. The molecule has 0 aromatic carbocycles. The highest BCUT2D eigenvalue weighted by atomic mass is 16.5. The topological polar surface area (TPSA) is 43.4 Å². The van der Waals surface area contributed by atoms with Crippen LogP contribution in [0, 0.1) is 11.3 Å². The van der Waals surface area contributed by atoms with Crippen molar-refractivity contribution < 1.29 is 14.3 Å². The third-order valence-corrected chi connectivity index (χ3v) is 2.00. The Balaban J connectivity index is 4.33. The fraction of sp³-hybridized carbons (Fsp3) is 0.800. The number of Topliss-reactive ketones (excluding diaryl/α,β-unsaturated/α-hetero) is 1. The van der Waals surface area contributed by atoms with Crippen molar-refractivity contribution in [1.29, 1.82) is 0 Å². The van der Waals surface area contributed by atoms with E-state index in [1.807, 2.05) is 13.8 Å². The highest BCUT2D eigenvalue weighted by Crippen LogP contribution is 2.23. The van der Waals surface area contributed by atoms with Crippen molar-refractivity contribution in [1.82, 2.24) is 0 Å². The quantitative estimate of drug-likeness (QED) is 0.629. The van der Waals surface area contributed by atoms with E-state index in [2.05, 4.69) is 4.74 Å². The molecule has 0 aliphatic carbocycles. The Hall–Kier alpha value is -0.860. The first-order valence-corrected chi connectivity index (χ1v) is 4.42. The lowest BCUT2D eigenvalue weighted by Crippen LogP contribution is -2.29. The van der Waals surface area contributed by atoms with Gasteiger partial charge in [-0.2, -0.15) is 0 Å². The summed E-state index contributed by atoms with van der Waals surface area (Å²) in [5.41, 5.74) is -0.698. The Kier molecular flexibility index (Phi) is 4.11. The molecule has 0 bridgehead atoms.